The fourth-order valence-electron chi connectivity index (χ4n) is 1.79. The molecule has 0 aliphatic carbocycles. The standard InChI is InChI=1S/C13H15NO4/c1-7-5-10-9(6-8(7)11(15)17-4)14-12(16)13(2,3)18-10/h5-6H,1-4H3,(H,14,16). The average molecular weight is 249 g/mol. The molecule has 0 bridgehead atoms. The van der Waals surface area contributed by atoms with Crippen molar-refractivity contribution in [2.45, 2.75) is 26.4 Å². The smallest absolute Gasteiger partial charge is 0.338 e. The van der Waals surface area contributed by atoms with Crippen molar-refractivity contribution in [3.63, 3.8) is 0 Å². The van der Waals surface area contributed by atoms with Crippen LogP contribution in [0.4, 0.5) is 5.69 Å². The van der Waals surface area contributed by atoms with Gasteiger partial charge >= 0.3 is 5.97 Å². The summed E-state index contributed by atoms with van der Waals surface area (Å²) in [6, 6.07) is 3.30. The Morgan fingerprint density at radius 3 is 2.67 bits per heavy atom. The van der Waals surface area contributed by atoms with Gasteiger partial charge in [0.15, 0.2) is 5.60 Å². The number of carbonyl (C=O) groups excluding carboxylic acids is 2. The van der Waals surface area contributed by atoms with Crippen molar-refractivity contribution in [3.05, 3.63) is 23.3 Å². The minimum Gasteiger partial charge on any atom is -0.476 e. The van der Waals surface area contributed by atoms with Gasteiger partial charge in [0.1, 0.15) is 5.75 Å². The molecule has 1 amide bonds. The Balaban J connectivity index is 2.49. The Bertz CT molecular complexity index is 534. The van der Waals surface area contributed by atoms with Crippen LogP contribution in [0.1, 0.15) is 29.8 Å². The first-order valence-electron chi connectivity index (χ1n) is 5.58. The van der Waals surface area contributed by atoms with Crippen molar-refractivity contribution >= 4 is 17.6 Å². The van der Waals surface area contributed by atoms with Crippen molar-refractivity contribution < 1.29 is 19.1 Å². The highest BCUT2D eigenvalue weighted by Gasteiger charge is 2.36. The number of carbonyl (C=O) groups is 2. The third kappa shape index (κ3) is 1.92. The van der Waals surface area contributed by atoms with Crippen LogP contribution >= 0.6 is 0 Å². The summed E-state index contributed by atoms with van der Waals surface area (Å²) >= 11 is 0. The summed E-state index contributed by atoms with van der Waals surface area (Å²) in [5.41, 5.74) is 0.740. The minimum absolute atomic E-state index is 0.241. The number of fused-ring (bicyclic) bond motifs is 1. The van der Waals surface area contributed by atoms with Gasteiger partial charge in [-0.3, -0.25) is 4.79 Å². The number of amides is 1. The summed E-state index contributed by atoms with van der Waals surface area (Å²) in [6.07, 6.45) is 0. The molecule has 0 fully saturated rings. The number of anilines is 1. The molecule has 1 aliphatic rings. The maximum absolute atomic E-state index is 11.8. The number of hydrogen-bond donors (Lipinski definition) is 1. The maximum Gasteiger partial charge on any atom is 0.338 e. The molecule has 0 aromatic heterocycles. The monoisotopic (exact) mass is 249 g/mol. The molecular formula is C13H15NO4. The second-order valence-corrected chi connectivity index (χ2v) is 4.72. The summed E-state index contributed by atoms with van der Waals surface area (Å²) in [5, 5.41) is 2.73. The number of methoxy groups -OCH3 is 1. The van der Waals surface area contributed by atoms with Gasteiger partial charge in [-0.2, -0.15) is 0 Å². The molecular weight excluding hydrogens is 234 g/mol. The Kier molecular flexibility index (Phi) is 2.77. The van der Waals surface area contributed by atoms with E-state index >= 15 is 0 Å². The van der Waals surface area contributed by atoms with Crippen LogP contribution < -0.4 is 10.1 Å². The number of ether oxygens (including phenoxy) is 2. The lowest BCUT2D eigenvalue weighted by molar-refractivity contribution is -0.129. The lowest BCUT2D eigenvalue weighted by Gasteiger charge is -2.32. The first-order valence-corrected chi connectivity index (χ1v) is 5.58. The highest BCUT2D eigenvalue weighted by atomic mass is 16.5. The van der Waals surface area contributed by atoms with Crippen LogP contribution in [0.15, 0.2) is 12.1 Å². The van der Waals surface area contributed by atoms with Gasteiger partial charge in [-0.1, -0.05) is 0 Å². The van der Waals surface area contributed by atoms with E-state index in [4.69, 9.17) is 4.74 Å². The first-order chi connectivity index (χ1) is 8.35. The minimum atomic E-state index is -0.910. The summed E-state index contributed by atoms with van der Waals surface area (Å²) in [6.45, 7) is 5.17. The zero-order chi connectivity index (χ0) is 13.5. The second-order valence-electron chi connectivity index (χ2n) is 4.72. The van der Waals surface area contributed by atoms with Gasteiger partial charge in [-0.25, -0.2) is 4.79 Å². The van der Waals surface area contributed by atoms with Crippen LogP contribution in [0, 0.1) is 6.92 Å². The quantitative estimate of drug-likeness (QED) is 0.772. The molecule has 96 valence electrons. The Morgan fingerprint density at radius 1 is 1.39 bits per heavy atom. The van der Waals surface area contributed by atoms with Crippen molar-refractivity contribution in [3.8, 4) is 5.75 Å². The normalized spacial score (nSPS) is 16.3. The molecule has 1 heterocycles. The van der Waals surface area contributed by atoms with E-state index in [1.807, 2.05) is 0 Å². The summed E-state index contributed by atoms with van der Waals surface area (Å²) in [5.74, 6) is -0.117. The fraction of sp³-hybridized carbons (Fsp3) is 0.385. The lowest BCUT2D eigenvalue weighted by Crippen LogP contribution is -2.45. The van der Waals surface area contributed by atoms with Crippen molar-refractivity contribution in [1.82, 2.24) is 0 Å². The Morgan fingerprint density at radius 2 is 2.06 bits per heavy atom. The van der Waals surface area contributed by atoms with Gasteiger partial charge < -0.3 is 14.8 Å². The molecule has 5 heteroatoms. The summed E-state index contributed by atoms with van der Waals surface area (Å²) in [7, 11) is 1.32. The van der Waals surface area contributed by atoms with E-state index in [1.54, 1.807) is 32.9 Å². The number of esters is 1. The lowest BCUT2D eigenvalue weighted by atomic mass is 10.0. The number of rotatable bonds is 1. The molecule has 0 unspecified atom stereocenters. The average Bonchev–Trinajstić information content (AvgIpc) is 2.29. The van der Waals surface area contributed by atoms with E-state index in [9.17, 15) is 9.59 Å². The zero-order valence-corrected chi connectivity index (χ0v) is 10.8. The predicted octanol–water partition coefficient (Wildman–Crippen LogP) is 1.89. The molecule has 0 saturated carbocycles. The number of hydrogen-bond acceptors (Lipinski definition) is 4. The number of benzene rings is 1. The Labute approximate surface area is 105 Å². The number of aryl methyl sites for hydroxylation is 1. The van der Waals surface area contributed by atoms with Gasteiger partial charge in [0.05, 0.1) is 18.4 Å². The molecule has 2 rings (SSSR count). The highest BCUT2D eigenvalue weighted by molar-refractivity contribution is 6.02. The van der Waals surface area contributed by atoms with Crippen LogP contribution in [0.25, 0.3) is 0 Å². The molecule has 0 atom stereocenters. The molecule has 18 heavy (non-hydrogen) atoms. The third-order valence-corrected chi connectivity index (χ3v) is 2.89. The first kappa shape index (κ1) is 12.4. The van der Waals surface area contributed by atoms with Gasteiger partial charge in [0, 0.05) is 0 Å². The van der Waals surface area contributed by atoms with Gasteiger partial charge in [0.2, 0.25) is 0 Å². The van der Waals surface area contributed by atoms with E-state index in [0.717, 1.165) is 5.56 Å². The molecule has 0 saturated heterocycles. The van der Waals surface area contributed by atoms with Crippen LogP contribution in [-0.4, -0.2) is 24.6 Å². The van der Waals surface area contributed by atoms with Crippen molar-refractivity contribution in [1.29, 1.82) is 0 Å². The molecule has 1 aliphatic heterocycles. The molecule has 0 spiro atoms. The summed E-state index contributed by atoms with van der Waals surface area (Å²) < 4.78 is 10.3. The SMILES string of the molecule is COC(=O)c1cc2c(cc1C)OC(C)(C)C(=O)N2. The predicted molar refractivity (Wildman–Crippen MR) is 65.9 cm³/mol. The fourth-order valence-corrected chi connectivity index (χ4v) is 1.79. The van der Waals surface area contributed by atoms with E-state index in [2.05, 4.69) is 10.1 Å². The number of nitrogens with one attached hydrogen (secondary N) is 1. The van der Waals surface area contributed by atoms with E-state index in [-0.39, 0.29) is 5.91 Å². The zero-order valence-electron chi connectivity index (χ0n) is 10.8. The second kappa shape index (κ2) is 4.01. The third-order valence-electron chi connectivity index (χ3n) is 2.89. The molecule has 1 aromatic carbocycles. The van der Waals surface area contributed by atoms with Crippen LogP contribution in [-0.2, 0) is 9.53 Å². The van der Waals surface area contributed by atoms with Crippen molar-refractivity contribution in [2.24, 2.45) is 0 Å². The Hall–Kier alpha value is -2.04. The van der Waals surface area contributed by atoms with Crippen LogP contribution in [0.2, 0.25) is 0 Å². The summed E-state index contributed by atoms with van der Waals surface area (Å²) in [4.78, 5) is 23.3. The largest absolute Gasteiger partial charge is 0.476 e. The molecule has 5 nitrogen and oxygen atoms in total. The highest BCUT2D eigenvalue weighted by Crippen LogP contribution is 2.35. The van der Waals surface area contributed by atoms with Crippen LogP contribution in [0.3, 0.4) is 0 Å². The molecule has 1 N–H and O–H groups in total. The van der Waals surface area contributed by atoms with Gasteiger partial charge in [-0.15, -0.1) is 0 Å². The van der Waals surface area contributed by atoms with E-state index in [0.29, 0.717) is 17.0 Å². The van der Waals surface area contributed by atoms with Gasteiger partial charge in [-0.05, 0) is 38.5 Å². The van der Waals surface area contributed by atoms with Crippen LogP contribution in [0.5, 0.6) is 5.75 Å². The maximum atomic E-state index is 11.8. The molecule has 0 radical (unpaired) electrons. The van der Waals surface area contributed by atoms with E-state index in [1.165, 1.54) is 7.11 Å². The van der Waals surface area contributed by atoms with Gasteiger partial charge in [0.25, 0.3) is 5.91 Å². The topological polar surface area (TPSA) is 64.6 Å². The van der Waals surface area contributed by atoms with E-state index < -0.39 is 11.6 Å². The van der Waals surface area contributed by atoms with Crippen molar-refractivity contribution in [2.75, 3.05) is 12.4 Å². The molecule has 1 aromatic rings.